The lowest BCUT2D eigenvalue weighted by atomic mass is 9.99. The van der Waals surface area contributed by atoms with Crippen molar-refractivity contribution in [2.24, 2.45) is 5.92 Å². The smallest absolute Gasteiger partial charge is 0.243 e. The number of hydrogen-bond acceptors (Lipinski definition) is 5. The number of benzene rings is 1. The number of aromatic nitrogens is 2. The maximum atomic E-state index is 13.3. The van der Waals surface area contributed by atoms with Gasteiger partial charge in [0.1, 0.15) is 0 Å². The minimum Gasteiger partial charge on any atom is -0.355 e. The zero-order valence-corrected chi connectivity index (χ0v) is 18.9. The number of hydrogen-bond donors (Lipinski definition) is 0. The van der Waals surface area contributed by atoms with E-state index >= 15 is 0 Å². The van der Waals surface area contributed by atoms with Crippen LogP contribution in [0, 0.1) is 12.8 Å². The van der Waals surface area contributed by atoms with E-state index in [1.807, 2.05) is 31.2 Å². The lowest BCUT2D eigenvalue weighted by Crippen LogP contribution is -2.33. The van der Waals surface area contributed by atoms with Crippen LogP contribution in [-0.4, -0.2) is 49.1 Å². The highest BCUT2D eigenvalue weighted by atomic mass is 32.2. The molecule has 2 aromatic rings. The van der Waals surface area contributed by atoms with Crippen LogP contribution in [0.25, 0.3) is 11.3 Å². The van der Waals surface area contributed by atoms with Crippen molar-refractivity contribution in [2.75, 3.05) is 31.1 Å². The van der Waals surface area contributed by atoms with Crippen molar-refractivity contribution in [3.63, 3.8) is 0 Å². The monoisotopic (exact) mass is 428 g/mol. The molecular formula is C23H32N4O2S. The summed E-state index contributed by atoms with van der Waals surface area (Å²) < 4.78 is 28.3. The van der Waals surface area contributed by atoms with Gasteiger partial charge < -0.3 is 4.90 Å². The topological polar surface area (TPSA) is 66.4 Å². The van der Waals surface area contributed by atoms with E-state index in [1.54, 1.807) is 10.4 Å². The Balaban J connectivity index is 1.58. The molecule has 3 heterocycles. The number of anilines is 1. The highest BCUT2D eigenvalue weighted by molar-refractivity contribution is 7.89. The second-order valence-corrected chi connectivity index (χ2v) is 10.7. The zero-order valence-electron chi connectivity index (χ0n) is 18.0. The molecule has 0 amide bonds. The minimum absolute atomic E-state index is 0.387. The molecule has 30 heavy (non-hydrogen) atoms. The quantitative estimate of drug-likeness (QED) is 0.728. The molecule has 0 aliphatic carbocycles. The van der Waals surface area contributed by atoms with Crippen molar-refractivity contribution < 1.29 is 8.42 Å². The van der Waals surface area contributed by atoms with Crippen LogP contribution in [0.5, 0.6) is 0 Å². The van der Waals surface area contributed by atoms with Crippen LogP contribution in [0.3, 0.4) is 0 Å². The number of piperidine rings is 1. The molecule has 2 saturated heterocycles. The molecule has 0 N–H and O–H groups in total. The van der Waals surface area contributed by atoms with Gasteiger partial charge in [0.15, 0.2) is 5.82 Å². The molecule has 0 saturated carbocycles. The van der Waals surface area contributed by atoms with Crippen LogP contribution < -0.4 is 4.90 Å². The molecule has 6 nitrogen and oxygen atoms in total. The fourth-order valence-corrected chi connectivity index (χ4v) is 6.11. The van der Waals surface area contributed by atoms with Crippen molar-refractivity contribution >= 4 is 15.8 Å². The Labute approximate surface area is 180 Å². The van der Waals surface area contributed by atoms with E-state index < -0.39 is 10.0 Å². The molecule has 4 rings (SSSR count). The number of nitrogens with zero attached hydrogens (tertiary/aromatic N) is 4. The SMILES string of the molecule is Cc1ccc(-c2ccc(N3CCC(C)CC3)nn2)cc1S(=O)(=O)N1CCCCCC1. The first-order valence-corrected chi connectivity index (χ1v) is 12.6. The molecular weight excluding hydrogens is 396 g/mol. The van der Waals surface area contributed by atoms with Crippen molar-refractivity contribution in [1.29, 1.82) is 0 Å². The summed E-state index contributed by atoms with van der Waals surface area (Å²) in [6, 6.07) is 9.53. The van der Waals surface area contributed by atoms with E-state index in [0.717, 1.165) is 61.6 Å². The molecule has 1 aromatic heterocycles. The largest absolute Gasteiger partial charge is 0.355 e. The van der Waals surface area contributed by atoms with Gasteiger partial charge in [-0.2, -0.15) is 4.31 Å². The fourth-order valence-electron chi connectivity index (χ4n) is 4.34. The van der Waals surface area contributed by atoms with Crippen LogP contribution in [0.1, 0.15) is 51.0 Å². The summed E-state index contributed by atoms with van der Waals surface area (Å²) in [7, 11) is -3.50. The van der Waals surface area contributed by atoms with E-state index in [2.05, 4.69) is 22.0 Å². The Kier molecular flexibility index (Phi) is 6.39. The third-order valence-corrected chi connectivity index (χ3v) is 8.47. The Bertz CT molecular complexity index is 959. The predicted molar refractivity (Wildman–Crippen MR) is 120 cm³/mol. The van der Waals surface area contributed by atoms with E-state index in [0.29, 0.717) is 23.7 Å². The Morgan fingerprint density at radius 1 is 0.900 bits per heavy atom. The molecule has 0 bridgehead atoms. The first-order chi connectivity index (χ1) is 14.4. The molecule has 7 heteroatoms. The zero-order chi connectivity index (χ0) is 21.1. The van der Waals surface area contributed by atoms with Gasteiger partial charge in [-0.05, 0) is 62.3 Å². The lowest BCUT2D eigenvalue weighted by molar-refractivity contribution is 0.423. The Morgan fingerprint density at radius 2 is 1.60 bits per heavy atom. The van der Waals surface area contributed by atoms with Crippen molar-refractivity contribution in [1.82, 2.24) is 14.5 Å². The summed E-state index contributed by atoms with van der Waals surface area (Å²) in [6.07, 6.45) is 6.42. The number of rotatable bonds is 4. The molecule has 162 valence electrons. The third kappa shape index (κ3) is 4.52. The lowest BCUT2D eigenvalue weighted by Gasteiger charge is -2.30. The van der Waals surface area contributed by atoms with Crippen LogP contribution in [0.2, 0.25) is 0 Å². The molecule has 1 aromatic carbocycles. The maximum Gasteiger partial charge on any atom is 0.243 e. The summed E-state index contributed by atoms with van der Waals surface area (Å²) in [5.41, 5.74) is 2.27. The van der Waals surface area contributed by atoms with E-state index in [9.17, 15) is 8.42 Å². The van der Waals surface area contributed by atoms with Gasteiger partial charge in [0.25, 0.3) is 0 Å². The minimum atomic E-state index is -3.50. The second kappa shape index (κ2) is 9.02. The van der Waals surface area contributed by atoms with Crippen molar-refractivity contribution in [3.05, 3.63) is 35.9 Å². The molecule has 2 aliphatic rings. The second-order valence-electron chi connectivity index (χ2n) is 8.74. The molecule has 2 fully saturated rings. The first kappa shape index (κ1) is 21.2. The highest BCUT2D eigenvalue weighted by Gasteiger charge is 2.27. The van der Waals surface area contributed by atoms with Crippen LogP contribution >= 0.6 is 0 Å². The van der Waals surface area contributed by atoms with Gasteiger partial charge in [-0.15, -0.1) is 10.2 Å². The first-order valence-electron chi connectivity index (χ1n) is 11.1. The standard InChI is InChI=1S/C23H32N4O2S/c1-18-11-15-26(16-12-18)23-10-9-21(24-25-23)20-8-7-19(2)22(17-20)30(28,29)27-13-5-3-4-6-14-27/h7-10,17-18H,3-6,11-16H2,1-2H3. The molecule has 0 radical (unpaired) electrons. The molecule has 0 unspecified atom stereocenters. The molecule has 2 aliphatic heterocycles. The van der Waals surface area contributed by atoms with Gasteiger partial charge in [-0.3, -0.25) is 0 Å². The summed E-state index contributed by atoms with van der Waals surface area (Å²) in [6.45, 7) is 7.39. The average Bonchev–Trinajstić information content (AvgIpc) is 3.05. The van der Waals surface area contributed by atoms with E-state index in [1.165, 1.54) is 12.8 Å². The van der Waals surface area contributed by atoms with Gasteiger partial charge >= 0.3 is 0 Å². The van der Waals surface area contributed by atoms with Crippen molar-refractivity contribution in [3.8, 4) is 11.3 Å². The van der Waals surface area contributed by atoms with Gasteiger partial charge in [0.2, 0.25) is 10.0 Å². The Hall–Kier alpha value is -1.99. The third-order valence-electron chi connectivity index (χ3n) is 6.42. The summed E-state index contributed by atoms with van der Waals surface area (Å²) in [5.74, 6) is 1.67. The summed E-state index contributed by atoms with van der Waals surface area (Å²) >= 11 is 0. The maximum absolute atomic E-state index is 13.3. The average molecular weight is 429 g/mol. The van der Waals surface area contributed by atoms with Gasteiger partial charge in [0, 0.05) is 31.7 Å². The van der Waals surface area contributed by atoms with Crippen LogP contribution in [0.4, 0.5) is 5.82 Å². The van der Waals surface area contributed by atoms with Gasteiger partial charge in [-0.1, -0.05) is 31.9 Å². The summed E-state index contributed by atoms with van der Waals surface area (Å²) in [4.78, 5) is 2.67. The van der Waals surface area contributed by atoms with Crippen LogP contribution in [-0.2, 0) is 10.0 Å². The van der Waals surface area contributed by atoms with Crippen LogP contribution in [0.15, 0.2) is 35.2 Å². The van der Waals surface area contributed by atoms with Gasteiger partial charge in [0.05, 0.1) is 10.6 Å². The Morgan fingerprint density at radius 3 is 2.23 bits per heavy atom. The number of aryl methyl sites for hydroxylation is 1. The van der Waals surface area contributed by atoms with E-state index in [4.69, 9.17) is 0 Å². The highest BCUT2D eigenvalue weighted by Crippen LogP contribution is 2.28. The molecule has 0 spiro atoms. The number of sulfonamides is 1. The van der Waals surface area contributed by atoms with E-state index in [-0.39, 0.29) is 0 Å². The fraction of sp³-hybridized carbons (Fsp3) is 0.565. The van der Waals surface area contributed by atoms with Crippen molar-refractivity contribution in [2.45, 2.75) is 57.3 Å². The normalized spacial score (nSPS) is 19.6. The predicted octanol–water partition coefficient (Wildman–Crippen LogP) is 4.25. The van der Waals surface area contributed by atoms with Gasteiger partial charge in [-0.25, -0.2) is 8.42 Å². The summed E-state index contributed by atoms with van der Waals surface area (Å²) in [5, 5.41) is 8.86. The molecule has 0 atom stereocenters.